The topological polar surface area (TPSA) is 63.6 Å². The molecule has 0 saturated carbocycles. The van der Waals surface area contributed by atoms with Gasteiger partial charge >= 0.3 is 11.9 Å². The second-order valence-electron chi connectivity index (χ2n) is 3.64. The summed E-state index contributed by atoms with van der Waals surface area (Å²) in [4.78, 5) is 23.3. The molecule has 98 valence electrons. The van der Waals surface area contributed by atoms with Gasteiger partial charge in [-0.05, 0) is 43.4 Å². The predicted molar refractivity (Wildman–Crippen MR) is 70.1 cm³/mol. The summed E-state index contributed by atoms with van der Waals surface area (Å²) >= 11 is 1.55. The fourth-order valence-electron chi connectivity index (χ4n) is 1.55. The molecular formula is C13H16O4S. The second-order valence-corrected chi connectivity index (χ2v) is 4.52. The van der Waals surface area contributed by atoms with E-state index in [4.69, 9.17) is 9.84 Å². The van der Waals surface area contributed by atoms with E-state index >= 15 is 0 Å². The van der Waals surface area contributed by atoms with Crippen LogP contribution in [0.15, 0.2) is 23.1 Å². The van der Waals surface area contributed by atoms with Crippen molar-refractivity contribution in [2.75, 3.05) is 12.9 Å². The Hall–Kier alpha value is -1.49. The zero-order chi connectivity index (χ0) is 13.5. The number of aliphatic carboxylic acids is 1. The van der Waals surface area contributed by atoms with Gasteiger partial charge in [0.2, 0.25) is 0 Å². The molecule has 0 aromatic heterocycles. The minimum absolute atomic E-state index is 0.00421. The average Bonchev–Trinajstić information content (AvgIpc) is 2.36. The Morgan fingerprint density at radius 3 is 2.67 bits per heavy atom. The van der Waals surface area contributed by atoms with Gasteiger partial charge in [-0.25, -0.2) is 4.79 Å². The minimum Gasteiger partial charge on any atom is -0.481 e. The van der Waals surface area contributed by atoms with E-state index in [-0.39, 0.29) is 6.42 Å². The van der Waals surface area contributed by atoms with Crippen LogP contribution >= 0.6 is 11.8 Å². The van der Waals surface area contributed by atoms with Gasteiger partial charge in [0.25, 0.3) is 0 Å². The molecule has 0 bridgehead atoms. The number of carboxylic acids is 1. The number of aryl methyl sites for hydroxylation is 1. The Morgan fingerprint density at radius 1 is 1.39 bits per heavy atom. The number of carbonyl (C=O) groups excluding carboxylic acids is 1. The number of hydrogen-bond donors (Lipinski definition) is 1. The molecule has 4 nitrogen and oxygen atoms in total. The van der Waals surface area contributed by atoms with Gasteiger partial charge < -0.3 is 9.84 Å². The van der Waals surface area contributed by atoms with Crippen LogP contribution in [0.4, 0.5) is 0 Å². The number of ether oxygens (including phenoxy) is 1. The molecule has 0 heterocycles. The van der Waals surface area contributed by atoms with Crippen molar-refractivity contribution in [3.05, 3.63) is 29.3 Å². The first-order valence-corrected chi connectivity index (χ1v) is 6.86. The Morgan fingerprint density at radius 2 is 2.11 bits per heavy atom. The number of carbonyl (C=O) groups is 2. The summed E-state index contributed by atoms with van der Waals surface area (Å²) < 4.78 is 4.96. The van der Waals surface area contributed by atoms with Crippen LogP contribution in [0.2, 0.25) is 0 Å². The maximum absolute atomic E-state index is 11.7. The van der Waals surface area contributed by atoms with Crippen LogP contribution in [-0.4, -0.2) is 29.9 Å². The highest BCUT2D eigenvalue weighted by Gasteiger charge is 2.13. The summed E-state index contributed by atoms with van der Waals surface area (Å²) in [5.41, 5.74) is 1.18. The van der Waals surface area contributed by atoms with Crippen molar-refractivity contribution < 1.29 is 19.4 Å². The summed E-state index contributed by atoms with van der Waals surface area (Å²) in [5.74, 6) is -1.27. The monoisotopic (exact) mass is 268 g/mol. The highest BCUT2D eigenvalue weighted by atomic mass is 32.2. The van der Waals surface area contributed by atoms with E-state index in [0.29, 0.717) is 18.6 Å². The first kappa shape index (κ1) is 14.6. The molecule has 0 aliphatic heterocycles. The molecule has 1 aromatic carbocycles. The van der Waals surface area contributed by atoms with E-state index in [1.54, 1.807) is 24.8 Å². The molecule has 0 amide bonds. The van der Waals surface area contributed by atoms with E-state index < -0.39 is 11.9 Å². The first-order chi connectivity index (χ1) is 8.58. The van der Waals surface area contributed by atoms with Crippen LogP contribution in [0.1, 0.15) is 29.3 Å². The van der Waals surface area contributed by atoms with Crippen molar-refractivity contribution >= 4 is 23.7 Å². The summed E-state index contributed by atoms with van der Waals surface area (Å²) in [6, 6.07) is 5.38. The van der Waals surface area contributed by atoms with Crippen LogP contribution < -0.4 is 0 Å². The molecule has 5 heteroatoms. The molecule has 0 spiro atoms. The van der Waals surface area contributed by atoms with Gasteiger partial charge in [0.15, 0.2) is 0 Å². The fraction of sp³-hybridized carbons (Fsp3) is 0.385. The standard InChI is InChI=1S/C13H16O4S/c1-3-17-13(16)11-6-5-10(18-2)8-9(11)4-7-12(14)15/h5-6,8H,3-4,7H2,1-2H3,(H,14,15). The van der Waals surface area contributed by atoms with Crippen molar-refractivity contribution in [3.8, 4) is 0 Å². The fourth-order valence-corrected chi connectivity index (χ4v) is 2.02. The third kappa shape index (κ3) is 4.07. The van der Waals surface area contributed by atoms with Gasteiger partial charge in [0, 0.05) is 11.3 Å². The van der Waals surface area contributed by atoms with Gasteiger partial charge in [0.05, 0.1) is 12.2 Å². The van der Waals surface area contributed by atoms with E-state index in [1.165, 1.54) is 0 Å². The van der Waals surface area contributed by atoms with Crippen molar-refractivity contribution in [1.82, 2.24) is 0 Å². The van der Waals surface area contributed by atoms with Crippen molar-refractivity contribution in [2.45, 2.75) is 24.7 Å². The number of hydrogen-bond acceptors (Lipinski definition) is 4. The van der Waals surface area contributed by atoms with E-state index in [9.17, 15) is 9.59 Å². The molecule has 0 aliphatic carbocycles. The van der Waals surface area contributed by atoms with E-state index in [0.717, 1.165) is 10.5 Å². The summed E-state index contributed by atoms with van der Waals surface area (Å²) in [6.07, 6.45) is 2.27. The normalized spacial score (nSPS) is 10.1. The van der Waals surface area contributed by atoms with Crippen LogP contribution in [0.3, 0.4) is 0 Å². The lowest BCUT2D eigenvalue weighted by atomic mass is 10.0. The van der Waals surface area contributed by atoms with Crippen LogP contribution in [-0.2, 0) is 16.0 Å². The second kappa shape index (κ2) is 7.06. The van der Waals surface area contributed by atoms with Crippen LogP contribution in [0, 0.1) is 0 Å². The zero-order valence-electron chi connectivity index (χ0n) is 10.4. The number of carboxylic acid groups (broad SMARTS) is 1. The molecule has 1 aromatic rings. The Labute approximate surface area is 110 Å². The maximum Gasteiger partial charge on any atom is 0.338 e. The largest absolute Gasteiger partial charge is 0.481 e. The molecule has 0 radical (unpaired) electrons. The highest BCUT2D eigenvalue weighted by molar-refractivity contribution is 7.98. The maximum atomic E-state index is 11.7. The lowest BCUT2D eigenvalue weighted by Gasteiger charge is -2.09. The van der Waals surface area contributed by atoms with Crippen molar-refractivity contribution in [3.63, 3.8) is 0 Å². The number of rotatable bonds is 6. The Bertz CT molecular complexity index is 443. The third-order valence-electron chi connectivity index (χ3n) is 2.42. The number of thioether (sulfide) groups is 1. The molecule has 1 rings (SSSR count). The zero-order valence-corrected chi connectivity index (χ0v) is 11.3. The Kier molecular flexibility index (Phi) is 5.71. The highest BCUT2D eigenvalue weighted by Crippen LogP contribution is 2.21. The van der Waals surface area contributed by atoms with Crippen molar-refractivity contribution in [2.24, 2.45) is 0 Å². The van der Waals surface area contributed by atoms with Gasteiger partial charge in [-0.1, -0.05) is 0 Å². The SMILES string of the molecule is CCOC(=O)c1ccc(SC)cc1CCC(=O)O. The summed E-state index contributed by atoms with van der Waals surface area (Å²) in [5, 5.41) is 8.71. The van der Waals surface area contributed by atoms with E-state index in [1.807, 2.05) is 18.4 Å². The number of esters is 1. The van der Waals surface area contributed by atoms with Gasteiger partial charge in [-0.2, -0.15) is 0 Å². The van der Waals surface area contributed by atoms with E-state index in [2.05, 4.69) is 0 Å². The molecule has 0 atom stereocenters. The van der Waals surface area contributed by atoms with Gasteiger partial charge in [-0.3, -0.25) is 4.79 Å². The lowest BCUT2D eigenvalue weighted by molar-refractivity contribution is -0.136. The smallest absolute Gasteiger partial charge is 0.338 e. The van der Waals surface area contributed by atoms with Crippen LogP contribution in [0.5, 0.6) is 0 Å². The van der Waals surface area contributed by atoms with Gasteiger partial charge in [-0.15, -0.1) is 11.8 Å². The molecule has 0 saturated heterocycles. The Balaban J connectivity index is 2.99. The first-order valence-electron chi connectivity index (χ1n) is 5.64. The molecule has 1 N–H and O–H groups in total. The molecular weight excluding hydrogens is 252 g/mol. The summed E-state index contributed by atoms with van der Waals surface area (Å²) in [6.45, 7) is 2.05. The molecule has 18 heavy (non-hydrogen) atoms. The van der Waals surface area contributed by atoms with Crippen LogP contribution in [0.25, 0.3) is 0 Å². The minimum atomic E-state index is -0.876. The molecule has 0 aliphatic rings. The predicted octanol–water partition coefficient (Wildman–Crippen LogP) is 2.60. The molecule has 0 fully saturated rings. The quantitative estimate of drug-likeness (QED) is 0.634. The lowest BCUT2D eigenvalue weighted by Crippen LogP contribution is -2.09. The van der Waals surface area contributed by atoms with Crippen molar-refractivity contribution in [1.29, 1.82) is 0 Å². The summed E-state index contributed by atoms with van der Waals surface area (Å²) in [7, 11) is 0. The average molecular weight is 268 g/mol. The number of benzene rings is 1. The third-order valence-corrected chi connectivity index (χ3v) is 3.14. The molecule has 0 unspecified atom stereocenters. The van der Waals surface area contributed by atoms with Gasteiger partial charge in [0.1, 0.15) is 0 Å².